The first-order valence-corrected chi connectivity index (χ1v) is 10.6. The monoisotopic (exact) mass is 390 g/mol. The highest BCUT2D eigenvalue weighted by molar-refractivity contribution is 7.17. The van der Waals surface area contributed by atoms with Crippen molar-refractivity contribution >= 4 is 39.0 Å². The molecule has 0 aliphatic heterocycles. The highest BCUT2D eigenvalue weighted by atomic mass is 32.1. The van der Waals surface area contributed by atoms with E-state index in [9.17, 15) is 0 Å². The summed E-state index contributed by atoms with van der Waals surface area (Å²) in [5.41, 5.74) is 2.85. The maximum absolute atomic E-state index is 4.78. The summed E-state index contributed by atoms with van der Waals surface area (Å²) in [7, 11) is 0. The Bertz CT molecular complexity index is 1060. The van der Waals surface area contributed by atoms with Crippen LogP contribution >= 0.6 is 11.3 Å². The van der Waals surface area contributed by atoms with Gasteiger partial charge in [-0.05, 0) is 36.4 Å². The molecule has 0 amide bonds. The lowest BCUT2D eigenvalue weighted by Gasteiger charge is -2.23. The predicted molar refractivity (Wildman–Crippen MR) is 115 cm³/mol. The summed E-state index contributed by atoms with van der Waals surface area (Å²) >= 11 is 1.69. The van der Waals surface area contributed by atoms with Crippen molar-refractivity contribution in [3.8, 4) is 5.69 Å². The van der Waals surface area contributed by atoms with E-state index in [2.05, 4.69) is 26.1 Å². The molecule has 2 N–H and O–H groups in total. The zero-order valence-electron chi connectivity index (χ0n) is 15.5. The second kappa shape index (κ2) is 7.59. The lowest BCUT2D eigenvalue weighted by Crippen LogP contribution is -2.23. The first kappa shape index (κ1) is 17.2. The van der Waals surface area contributed by atoms with E-state index < -0.39 is 0 Å². The van der Waals surface area contributed by atoms with Crippen molar-refractivity contribution in [1.82, 2.24) is 19.7 Å². The number of hydrogen-bond donors (Lipinski definition) is 2. The van der Waals surface area contributed by atoms with Gasteiger partial charge in [-0.25, -0.2) is 9.67 Å². The summed E-state index contributed by atoms with van der Waals surface area (Å²) in [4.78, 5) is 9.46. The predicted octanol–water partition coefficient (Wildman–Crippen LogP) is 5.37. The van der Waals surface area contributed by atoms with E-state index in [-0.39, 0.29) is 0 Å². The molecule has 1 fully saturated rings. The van der Waals surface area contributed by atoms with Crippen LogP contribution in [0.5, 0.6) is 0 Å². The molecule has 1 aliphatic carbocycles. The number of anilines is 3. The number of thiophene rings is 1. The number of fused-ring (bicyclic) bond motifs is 1. The number of nitrogens with zero attached hydrogens (tertiary/aromatic N) is 4. The van der Waals surface area contributed by atoms with E-state index in [1.807, 2.05) is 47.3 Å². The van der Waals surface area contributed by atoms with Crippen LogP contribution in [-0.2, 0) is 0 Å². The number of rotatable bonds is 5. The van der Waals surface area contributed by atoms with E-state index >= 15 is 0 Å². The third kappa shape index (κ3) is 3.57. The van der Waals surface area contributed by atoms with Gasteiger partial charge in [0.25, 0.3) is 0 Å². The van der Waals surface area contributed by atoms with Crippen LogP contribution in [0.4, 0.5) is 17.5 Å². The molecule has 6 nitrogen and oxygen atoms in total. The zero-order chi connectivity index (χ0) is 18.8. The molecule has 5 rings (SSSR count). The molecule has 4 aromatic rings. The largest absolute Gasteiger partial charge is 0.366 e. The van der Waals surface area contributed by atoms with Gasteiger partial charge in [-0.1, -0.05) is 37.5 Å². The van der Waals surface area contributed by atoms with E-state index in [4.69, 9.17) is 4.98 Å². The van der Waals surface area contributed by atoms with Gasteiger partial charge in [0.15, 0.2) is 0 Å². The molecular weight excluding hydrogens is 368 g/mol. The molecule has 7 heteroatoms. The Labute approximate surface area is 167 Å². The van der Waals surface area contributed by atoms with Gasteiger partial charge >= 0.3 is 0 Å². The van der Waals surface area contributed by atoms with Crippen molar-refractivity contribution in [3.05, 3.63) is 54.2 Å². The Morgan fingerprint density at radius 3 is 2.71 bits per heavy atom. The maximum atomic E-state index is 4.78. The molecule has 0 spiro atoms. The number of nitrogens with one attached hydrogen (secondary N) is 2. The summed E-state index contributed by atoms with van der Waals surface area (Å²) in [6, 6.07) is 12.6. The first-order valence-electron chi connectivity index (χ1n) is 9.74. The highest BCUT2D eigenvalue weighted by Gasteiger charge is 2.17. The van der Waals surface area contributed by atoms with Crippen LogP contribution in [0, 0.1) is 0 Å². The molecule has 0 radical (unpaired) electrons. The van der Waals surface area contributed by atoms with Gasteiger partial charge < -0.3 is 10.6 Å². The summed E-state index contributed by atoms with van der Waals surface area (Å²) in [5, 5.41) is 13.5. The normalized spacial score (nSPS) is 15.0. The third-order valence-electron chi connectivity index (χ3n) is 5.11. The van der Waals surface area contributed by atoms with Gasteiger partial charge in [-0.15, -0.1) is 11.3 Å². The van der Waals surface area contributed by atoms with E-state index in [0.717, 1.165) is 27.4 Å². The van der Waals surface area contributed by atoms with Gasteiger partial charge in [0, 0.05) is 6.04 Å². The van der Waals surface area contributed by atoms with Crippen LogP contribution in [-0.4, -0.2) is 25.8 Å². The van der Waals surface area contributed by atoms with E-state index in [1.165, 1.54) is 32.1 Å². The second-order valence-corrected chi connectivity index (χ2v) is 8.06. The van der Waals surface area contributed by atoms with Crippen molar-refractivity contribution in [3.63, 3.8) is 0 Å². The van der Waals surface area contributed by atoms with Gasteiger partial charge in [0.1, 0.15) is 5.82 Å². The minimum Gasteiger partial charge on any atom is -0.366 e. The number of hydrogen-bond acceptors (Lipinski definition) is 6. The second-order valence-electron chi connectivity index (χ2n) is 7.14. The van der Waals surface area contributed by atoms with Crippen molar-refractivity contribution in [2.24, 2.45) is 0 Å². The van der Waals surface area contributed by atoms with Crippen LogP contribution in [0.15, 0.2) is 54.2 Å². The molecule has 142 valence electrons. The van der Waals surface area contributed by atoms with Crippen molar-refractivity contribution in [2.45, 2.75) is 38.1 Å². The minimum absolute atomic E-state index is 0.502. The van der Waals surface area contributed by atoms with Crippen molar-refractivity contribution < 1.29 is 0 Å². The smallest absolute Gasteiger partial charge is 0.229 e. The molecule has 3 heterocycles. The Morgan fingerprint density at radius 2 is 1.86 bits per heavy atom. The quantitative estimate of drug-likeness (QED) is 0.480. The molecule has 3 aromatic heterocycles. The number of benzene rings is 1. The van der Waals surface area contributed by atoms with Gasteiger partial charge in [-0.3, -0.25) is 0 Å². The van der Waals surface area contributed by atoms with Gasteiger partial charge in [0.05, 0.1) is 34.0 Å². The average Bonchev–Trinajstić information content (AvgIpc) is 3.39. The van der Waals surface area contributed by atoms with Crippen molar-refractivity contribution in [2.75, 3.05) is 10.6 Å². The summed E-state index contributed by atoms with van der Waals surface area (Å²) < 4.78 is 2.96. The summed E-state index contributed by atoms with van der Waals surface area (Å²) in [6.45, 7) is 0. The fraction of sp³-hybridized carbons (Fsp3) is 0.286. The molecule has 0 unspecified atom stereocenters. The lowest BCUT2D eigenvalue weighted by molar-refractivity contribution is 0.462. The lowest BCUT2D eigenvalue weighted by atomic mass is 9.95. The molecule has 1 saturated carbocycles. The third-order valence-corrected chi connectivity index (χ3v) is 6.02. The zero-order valence-corrected chi connectivity index (χ0v) is 16.3. The molecule has 1 aromatic carbocycles. The van der Waals surface area contributed by atoms with Crippen LogP contribution < -0.4 is 10.6 Å². The molecule has 1 aliphatic rings. The Kier molecular flexibility index (Phi) is 4.66. The van der Waals surface area contributed by atoms with Crippen LogP contribution in [0.25, 0.3) is 15.9 Å². The fourth-order valence-corrected chi connectivity index (χ4v) is 4.48. The number of aromatic nitrogens is 4. The van der Waals surface area contributed by atoms with E-state index in [1.54, 1.807) is 17.5 Å². The number of para-hydroxylation sites is 1. The highest BCUT2D eigenvalue weighted by Crippen LogP contribution is 2.30. The fourth-order valence-electron chi connectivity index (χ4n) is 3.70. The Morgan fingerprint density at radius 1 is 1.00 bits per heavy atom. The topological polar surface area (TPSA) is 67.7 Å². The SMILES string of the molecule is c1ccc(-n2cc(Nc3nc(NC4CCCCC4)c4sccc4n3)cn2)cc1. The van der Waals surface area contributed by atoms with Gasteiger partial charge in [0.2, 0.25) is 5.95 Å². The molecule has 0 atom stereocenters. The van der Waals surface area contributed by atoms with Crippen molar-refractivity contribution in [1.29, 1.82) is 0 Å². The van der Waals surface area contributed by atoms with Crippen LogP contribution in [0.1, 0.15) is 32.1 Å². The molecule has 0 bridgehead atoms. The van der Waals surface area contributed by atoms with E-state index in [0.29, 0.717) is 12.0 Å². The molecule has 0 saturated heterocycles. The maximum Gasteiger partial charge on any atom is 0.229 e. The first-order chi connectivity index (χ1) is 13.8. The van der Waals surface area contributed by atoms with Crippen LogP contribution in [0.2, 0.25) is 0 Å². The molecular formula is C21H22N6S. The van der Waals surface area contributed by atoms with Crippen LogP contribution in [0.3, 0.4) is 0 Å². The average molecular weight is 391 g/mol. The van der Waals surface area contributed by atoms with Gasteiger partial charge in [-0.2, -0.15) is 10.1 Å². The Hall–Kier alpha value is -2.93. The Balaban J connectivity index is 1.41. The minimum atomic E-state index is 0.502. The standard InChI is InChI=1S/C21H22N6S/c1-3-7-15(8-4-1)23-20-19-18(11-12-28-19)25-21(26-20)24-16-13-22-27(14-16)17-9-5-2-6-10-17/h2,5-6,9-15H,1,3-4,7-8H2,(H2,23,24,25,26). The summed E-state index contributed by atoms with van der Waals surface area (Å²) in [5.74, 6) is 1.53. The molecule has 28 heavy (non-hydrogen) atoms. The summed E-state index contributed by atoms with van der Waals surface area (Å²) in [6.07, 6.45) is 10.1.